The van der Waals surface area contributed by atoms with E-state index in [1.165, 1.54) is 12.1 Å². The Kier molecular flexibility index (Phi) is 6.14. The maximum absolute atomic E-state index is 13.8. The average molecular weight is 427 g/mol. The third-order valence-corrected chi connectivity index (χ3v) is 6.79. The number of fused-ring (bicyclic) bond motifs is 2. The molecule has 3 aliphatic rings. The molecule has 3 aliphatic heterocycles. The van der Waals surface area contributed by atoms with E-state index in [1.54, 1.807) is 12.1 Å². The van der Waals surface area contributed by atoms with E-state index < -0.39 is 0 Å². The van der Waals surface area contributed by atoms with E-state index in [0.29, 0.717) is 16.8 Å². The van der Waals surface area contributed by atoms with E-state index in [2.05, 4.69) is 29.4 Å². The van der Waals surface area contributed by atoms with Gasteiger partial charge in [0.2, 0.25) is 5.91 Å². The van der Waals surface area contributed by atoms with Crippen LogP contribution in [0.5, 0.6) is 0 Å². The summed E-state index contributed by atoms with van der Waals surface area (Å²) in [7, 11) is 0. The molecule has 31 heavy (non-hydrogen) atoms. The molecular weight excluding hydrogens is 395 g/mol. The van der Waals surface area contributed by atoms with Gasteiger partial charge in [-0.3, -0.25) is 9.59 Å². The zero-order valence-electron chi connectivity index (χ0n) is 18.5. The van der Waals surface area contributed by atoms with Crippen molar-refractivity contribution in [3.8, 4) is 0 Å². The van der Waals surface area contributed by atoms with Crippen molar-refractivity contribution in [3.63, 3.8) is 0 Å². The molecular formula is C24H31FN4O2. The molecule has 0 saturated carbocycles. The summed E-state index contributed by atoms with van der Waals surface area (Å²) in [4.78, 5) is 30.2. The molecule has 6 nitrogen and oxygen atoms in total. The van der Waals surface area contributed by atoms with Crippen LogP contribution in [0.1, 0.15) is 39.2 Å². The molecule has 1 aromatic rings. The van der Waals surface area contributed by atoms with Crippen molar-refractivity contribution < 1.29 is 14.0 Å². The van der Waals surface area contributed by atoms with Crippen LogP contribution in [0.25, 0.3) is 5.57 Å². The van der Waals surface area contributed by atoms with Crippen LogP contribution >= 0.6 is 0 Å². The van der Waals surface area contributed by atoms with Crippen molar-refractivity contribution in [2.75, 3.05) is 38.0 Å². The van der Waals surface area contributed by atoms with Crippen LogP contribution in [0.2, 0.25) is 0 Å². The summed E-state index contributed by atoms with van der Waals surface area (Å²) in [6, 6.07) is 4.33. The Morgan fingerprint density at radius 3 is 2.77 bits per heavy atom. The highest BCUT2D eigenvalue weighted by Gasteiger charge is 2.41. The normalized spacial score (nSPS) is 24.4. The molecule has 2 N–H and O–H groups in total. The number of benzene rings is 1. The summed E-state index contributed by atoms with van der Waals surface area (Å²) in [6.07, 6.45) is 3.63. The van der Waals surface area contributed by atoms with Gasteiger partial charge in [0.25, 0.3) is 5.91 Å². The van der Waals surface area contributed by atoms with Gasteiger partial charge >= 0.3 is 0 Å². The first-order valence-electron chi connectivity index (χ1n) is 11.2. The molecule has 4 rings (SSSR count). The van der Waals surface area contributed by atoms with E-state index in [-0.39, 0.29) is 29.6 Å². The Morgan fingerprint density at radius 1 is 1.26 bits per heavy atom. The average Bonchev–Trinajstić information content (AvgIpc) is 3.17. The first kappa shape index (κ1) is 21.6. The zero-order chi connectivity index (χ0) is 22.1. The third kappa shape index (κ3) is 4.11. The molecule has 1 aromatic carbocycles. The first-order chi connectivity index (χ1) is 14.9. The fourth-order valence-electron chi connectivity index (χ4n) is 4.90. The van der Waals surface area contributed by atoms with Gasteiger partial charge in [0.05, 0.1) is 11.5 Å². The number of likely N-dealkylation sites (N-methyl/N-ethyl adjacent to an activating group) is 1. The molecule has 2 atom stereocenters. The minimum atomic E-state index is -0.379. The molecule has 2 unspecified atom stereocenters. The van der Waals surface area contributed by atoms with Crippen molar-refractivity contribution in [2.24, 2.45) is 5.92 Å². The largest absolute Gasteiger partial charge is 0.381 e. The van der Waals surface area contributed by atoms with Crippen LogP contribution in [0, 0.1) is 11.7 Å². The lowest BCUT2D eigenvalue weighted by Crippen LogP contribution is -2.43. The third-order valence-electron chi connectivity index (χ3n) is 6.79. The fourth-order valence-corrected chi connectivity index (χ4v) is 4.90. The topological polar surface area (TPSA) is 64.7 Å². The first-order valence-corrected chi connectivity index (χ1v) is 11.2. The second-order valence-corrected chi connectivity index (χ2v) is 8.52. The van der Waals surface area contributed by atoms with Crippen molar-refractivity contribution in [1.82, 2.24) is 15.1 Å². The molecule has 166 valence electrons. The van der Waals surface area contributed by atoms with E-state index in [4.69, 9.17) is 0 Å². The van der Waals surface area contributed by atoms with E-state index in [9.17, 15) is 14.0 Å². The fraction of sp³-hybridized carbons (Fsp3) is 0.500. The monoisotopic (exact) mass is 426 g/mol. The number of carbonyl (C=O) groups is 2. The van der Waals surface area contributed by atoms with Crippen molar-refractivity contribution in [1.29, 1.82) is 0 Å². The summed E-state index contributed by atoms with van der Waals surface area (Å²) in [5, 5.41) is 6.27. The van der Waals surface area contributed by atoms with Crippen LogP contribution in [0.3, 0.4) is 0 Å². The predicted octanol–water partition coefficient (Wildman–Crippen LogP) is 2.99. The van der Waals surface area contributed by atoms with Gasteiger partial charge in [0.1, 0.15) is 5.82 Å². The molecule has 0 radical (unpaired) electrons. The maximum Gasteiger partial charge on any atom is 0.256 e. The van der Waals surface area contributed by atoms with Gasteiger partial charge in [0.15, 0.2) is 0 Å². The highest BCUT2D eigenvalue weighted by atomic mass is 19.1. The van der Waals surface area contributed by atoms with Crippen LogP contribution < -0.4 is 10.6 Å². The van der Waals surface area contributed by atoms with Crippen LogP contribution in [0.4, 0.5) is 10.1 Å². The molecule has 0 aromatic heterocycles. The minimum Gasteiger partial charge on any atom is -0.381 e. The molecule has 1 fully saturated rings. The van der Waals surface area contributed by atoms with Gasteiger partial charge in [-0.1, -0.05) is 13.8 Å². The van der Waals surface area contributed by atoms with Crippen molar-refractivity contribution in [3.05, 3.63) is 46.9 Å². The SMILES string of the molecule is CCN(CC)CCN1CCCC2NC(C=C3C(=O)Nc4ccc(F)cc43)=C(C)C2C1=O. The minimum absolute atomic E-state index is 0.0363. The van der Waals surface area contributed by atoms with Crippen LogP contribution in [-0.4, -0.2) is 60.4 Å². The van der Waals surface area contributed by atoms with E-state index in [1.807, 2.05) is 11.8 Å². The number of allylic oxidation sites excluding steroid dienone is 1. The molecule has 7 heteroatoms. The van der Waals surface area contributed by atoms with Gasteiger partial charge in [-0.25, -0.2) is 4.39 Å². The predicted molar refractivity (Wildman–Crippen MR) is 120 cm³/mol. The number of hydrogen-bond donors (Lipinski definition) is 2. The zero-order valence-corrected chi connectivity index (χ0v) is 18.5. The summed E-state index contributed by atoms with van der Waals surface area (Å²) >= 11 is 0. The molecule has 2 amide bonds. The summed E-state index contributed by atoms with van der Waals surface area (Å²) in [5.74, 6) is -0.685. The van der Waals surface area contributed by atoms with Gasteiger partial charge < -0.3 is 20.4 Å². The Morgan fingerprint density at radius 2 is 2.03 bits per heavy atom. The van der Waals surface area contributed by atoms with Crippen molar-refractivity contribution >= 4 is 23.1 Å². The number of hydrogen-bond acceptors (Lipinski definition) is 4. The molecule has 0 bridgehead atoms. The van der Waals surface area contributed by atoms with Crippen molar-refractivity contribution in [2.45, 2.75) is 39.7 Å². The molecule has 3 heterocycles. The quantitative estimate of drug-likeness (QED) is 0.687. The van der Waals surface area contributed by atoms with Gasteiger partial charge in [-0.2, -0.15) is 0 Å². The lowest BCUT2D eigenvalue weighted by Gasteiger charge is -2.27. The number of amides is 2. The number of halogens is 1. The number of likely N-dealkylation sites (tertiary alicyclic amines) is 1. The number of nitrogens with one attached hydrogen (secondary N) is 2. The number of carbonyl (C=O) groups excluding carboxylic acids is 2. The van der Waals surface area contributed by atoms with Crippen LogP contribution in [0.15, 0.2) is 35.5 Å². The Hall–Kier alpha value is -2.67. The molecule has 0 aliphatic carbocycles. The van der Waals surface area contributed by atoms with Gasteiger partial charge in [-0.05, 0) is 62.7 Å². The van der Waals surface area contributed by atoms with E-state index in [0.717, 1.165) is 56.8 Å². The summed E-state index contributed by atoms with van der Waals surface area (Å²) in [5.41, 5.74) is 3.36. The lowest BCUT2D eigenvalue weighted by atomic mass is 9.92. The Balaban J connectivity index is 1.58. The highest BCUT2D eigenvalue weighted by molar-refractivity contribution is 6.31. The molecule has 0 spiro atoms. The highest BCUT2D eigenvalue weighted by Crippen LogP contribution is 2.37. The van der Waals surface area contributed by atoms with E-state index >= 15 is 0 Å². The summed E-state index contributed by atoms with van der Waals surface area (Å²) < 4.78 is 13.8. The number of anilines is 1. The second kappa shape index (κ2) is 8.83. The number of rotatable bonds is 6. The summed E-state index contributed by atoms with van der Waals surface area (Å²) in [6.45, 7) is 10.6. The lowest BCUT2D eigenvalue weighted by molar-refractivity contribution is -0.134. The van der Waals surface area contributed by atoms with Gasteiger partial charge in [-0.15, -0.1) is 0 Å². The smallest absolute Gasteiger partial charge is 0.256 e. The Labute approximate surface area is 183 Å². The molecule has 1 saturated heterocycles. The maximum atomic E-state index is 13.8. The second-order valence-electron chi connectivity index (χ2n) is 8.52. The number of nitrogens with zero attached hydrogens (tertiary/aromatic N) is 2. The Bertz CT molecular complexity index is 951. The standard InChI is InChI=1S/C24H31FN4O2/c1-4-28(5-2)11-12-29-10-6-7-20-22(24(29)31)15(3)21(26-20)14-18-17-13-16(25)8-9-19(17)27-23(18)30/h8-9,13-14,20,22,26H,4-7,10-12H2,1-3H3,(H,27,30). The van der Waals surface area contributed by atoms with Crippen LogP contribution in [-0.2, 0) is 9.59 Å². The van der Waals surface area contributed by atoms with Gasteiger partial charge in [0, 0.05) is 42.6 Å².